The van der Waals surface area contributed by atoms with E-state index >= 15 is 0 Å². The standard InChI is InChI=1S/C33H41N3O4/c1-3-4-20-36-31(38)29(30(37)26-8-6-5-7-9-26)34-32(39)33(36)18-21-35(22-19-33)23-25-12-16-28(17-13-25)40-27-14-10-24(2)11-15-27/h10-17,26,29-30,37H,5-9,18-23H2,1-2H3,(H,34,39)/t29-,30-/m1/s1. The van der Waals surface area contributed by atoms with Crippen LogP contribution in [-0.2, 0) is 16.1 Å². The number of aliphatic hydroxyl groups excluding tert-OH is 1. The Kier molecular flexibility index (Phi) is 8.78. The number of rotatable bonds is 7. The number of likely N-dealkylation sites (tertiary alicyclic amines) is 1. The topological polar surface area (TPSA) is 82.1 Å². The summed E-state index contributed by atoms with van der Waals surface area (Å²) in [7, 11) is 0. The van der Waals surface area contributed by atoms with E-state index in [1.807, 2.05) is 36.4 Å². The highest BCUT2D eigenvalue weighted by molar-refractivity contribution is 6.00. The average Bonchev–Trinajstić information content (AvgIpc) is 2.98. The summed E-state index contributed by atoms with van der Waals surface area (Å²) in [6, 6.07) is 15.2. The molecule has 212 valence electrons. The Labute approximate surface area is 237 Å². The van der Waals surface area contributed by atoms with Crippen molar-refractivity contribution in [3.63, 3.8) is 0 Å². The first-order chi connectivity index (χ1) is 19.4. The van der Waals surface area contributed by atoms with Crippen molar-refractivity contribution in [2.75, 3.05) is 19.6 Å². The van der Waals surface area contributed by atoms with Gasteiger partial charge in [0.1, 0.15) is 23.1 Å². The van der Waals surface area contributed by atoms with Gasteiger partial charge in [-0.25, -0.2) is 0 Å². The molecule has 2 heterocycles. The minimum Gasteiger partial charge on any atom is -0.457 e. The van der Waals surface area contributed by atoms with Crippen LogP contribution in [0.5, 0.6) is 11.5 Å². The molecule has 2 amide bonds. The fraction of sp³-hybridized carbons (Fsp3) is 0.515. The molecule has 2 saturated heterocycles. The molecular formula is C33H41N3O4. The maximum atomic E-state index is 13.7. The van der Waals surface area contributed by atoms with Crippen molar-refractivity contribution in [2.45, 2.75) is 83.0 Å². The number of amides is 2. The fourth-order valence-corrected chi connectivity index (χ4v) is 6.45. The van der Waals surface area contributed by atoms with Crippen LogP contribution in [0.15, 0.2) is 48.5 Å². The average molecular weight is 544 g/mol. The second-order valence-electron chi connectivity index (χ2n) is 11.6. The van der Waals surface area contributed by atoms with Crippen molar-refractivity contribution in [1.29, 1.82) is 0 Å². The van der Waals surface area contributed by atoms with Crippen molar-refractivity contribution in [3.8, 4) is 23.3 Å². The van der Waals surface area contributed by atoms with Gasteiger partial charge in [0.25, 0.3) is 0 Å². The number of aliphatic hydroxyl groups is 1. The van der Waals surface area contributed by atoms with Crippen molar-refractivity contribution in [3.05, 3.63) is 59.7 Å². The fourth-order valence-electron chi connectivity index (χ4n) is 6.45. The molecule has 0 unspecified atom stereocenters. The number of nitrogens with one attached hydrogen (secondary N) is 1. The van der Waals surface area contributed by atoms with Crippen molar-refractivity contribution in [2.24, 2.45) is 5.92 Å². The molecule has 1 spiro atoms. The lowest BCUT2D eigenvalue weighted by Crippen LogP contribution is -2.75. The van der Waals surface area contributed by atoms with Gasteiger partial charge in [-0.1, -0.05) is 55.0 Å². The summed E-state index contributed by atoms with van der Waals surface area (Å²) in [5, 5.41) is 14.1. The molecule has 2 aromatic rings. The maximum Gasteiger partial charge on any atom is 0.249 e. The largest absolute Gasteiger partial charge is 0.457 e. The van der Waals surface area contributed by atoms with E-state index in [4.69, 9.17) is 4.74 Å². The molecule has 2 aliphatic heterocycles. The molecule has 0 bridgehead atoms. The summed E-state index contributed by atoms with van der Waals surface area (Å²) in [6.07, 6.45) is 5.30. The number of piperazine rings is 1. The number of nitrogens with zero attached hydrogens (tertiary/aromatic N) is 2. The van der Waals surface area contributed by atoms with Gasteiger partial charge in [-0.3, -0.25) is 14.5 Å². The van der Waals surface area contributed by atoms with Crippen LogP contribution in [0.2, 0.25) is 0 Å². The van der Waals surface area contributed by atoms with Crippen LogP contribution in [0.1, 0.15) is 63.0 Å². The van der Waals surface area contributed by atoms with Gasteiger partial charge in [0, 0.05) is 19.6 Å². The molecule has 2 aromatic carbocycles. The summed E-state index contributed by atoms with van der Waals surface area (Å²) >= 11 is 0. The van der Waals surface area contributed by atoms with Gasteiger partial charge >= 0.3 is 0 Å². The Morgan fingerprint density at radius 1 is 1.00 bits per heavy atom. The van der Waals surface area contributed by atoms with Crippen LogP contribution < -0.4 is 10.1 Å². The van der Waals surface area contributed by atoms with E-state index < -0.39 is 17.7 Å². The van der Waals surface area contributed by atoms with Crippen LogP contribution >= 0.6 is 0 Å². The Hall–Kier alpha value is -3.34. The predicted octanol–water partition coefficient (Wildman–Crippen LogP) is 4.41. The molecule has 3 fully saturated rings. The lowest BCUT2D eigenvalue weighted by molar-refractivity contribution is -0.164. The zero-order valence-electron chi connectivity index (χ0n) is 23.7. The predicted molar refractivity (Wildman–Crippen MR) is 155 cm³/mol. The molecule has 40 heavy (non-hydrogen) atoms. The van der Waals surface area contributed by atoms with Gasteiger partial charge < -0.3 is 20.1 Å². The van der Waals surface area contributed by atoms with Crippen LogP contribution in [-0.4, -0.2) is 64.0 Å². The zero-order chi connectivity index (χ0) is 28.1. The second-order valence-corrected chi connectivity index (χ2v) is 11.6. The summed E-state index contributed by atoms with van der Waals surface area (Å²) in [5.74, 6) is 7.21. The van der Waals surface area contributed by atoms with Crippen molar-refractivity contribution < 1.29 is 19.4 Å². The minimum absolute atomic E-state index is 0.0479. The van der Waals surface area contributed by atoms with E-state index in [1.165, 1.54) is 11.1 Å². The molecule has 0 aromatic heterocycles. The van der Waals surface area contributed by atoms with Crippen LogP contribution in [0.4, 0.5) is 0 Å². The highest BCUT2D eigenvalue weighted by atomic mass is 16.5. The Balaban J connectivity index is 1.22. The second kappa shape index (κ2) is 12.4. The van der Waals surface area contributed by atoms with E-state index in [2.05, 4.69) is 41.1 Å². The molecule has 7 heteroatoms. The molecular weight excluding hydrogens is 502 g/mol. The van der Waals surface area contributed by atoms with Crippen molar-refractivity contribution in [1.82, 2.24) is 15.1 Å². The third-order valence-electron chi connectivity index (χ3n) is 8.92. The molecule has 1 aliphatic carbocycles. The number of hydrogen-bond donors (Lipinski definition) is 2. The summed E-state index contributed by atoms with van der Waals surface area (Å²) < 4.78 is 5.96. The van der Waals surface area contributed by atoms with Gasteiger partial charge in [0.05, 0.1) is 12.6 Å². The third-order valence-corrected chi connectivity index (χ3v) is 8.92. The third kappa shape index (κ3) is 6.04. The summed E-state index contributed by atoms with van der Waals surface area (Å²) in [5.41, 5.74) is 1.44. The number of benzene rings is 2. The first-order valence-electron chi connectivity index (χ1n) is 14.7. The van der Waals surface area contributed by atoms with E-state index in [-0.39, 0.29) is 24.3 Å². The normalized spacial score (nSPS) is 22.4. The smallest absolute Gasteiger partial charge is 0.249 e. The van der Waals surface area contributed by atoms with Crippen LogP contribution in [0.3, 0.4) is 0 Å². The van der Waals surface area contributed by atoms with Gasteiger partial charge in [0.15, 0.2) is 0 Å². The maximum absolute atomic E-state index is 13.7. The number of aryl methyl sites for hydroxylation is 1. The van der Waals surface area contributed by atoms with Crippen LogP contribution in [0.25, 0.3) is 0 Å². The molecule has 2 atom stereocenters. The number of piperidine rings is 1. The Morgan fingerprint density at radius 3 is 2.25 bits per heavy atom. The molecule has 1 saturated carbocycles. The monoisotopic (exact) mass is 543 g/mol. The number of carbonyl (C=O) groups is 2. The lowest BCUT2D eigenvalue weighted by atomic mass is 9.78. The van der Waals surface area contributed by atoms with E-state index in [0.29, 0.717) is 25.9 Å². The van der Waals surface area contributed by atoms with E-state index in [0.717, 1.165) is 50.1 Å². The van der Waals surface area contributed by atoms with E-state index in [1.54, 1.807) is 11.8 Å². The zero-order valence-corrected chi connectivity index (χ0v) is 23.7. The molecule has 3 aliphatic rings. The van der Waals surface area contributed by atoms with Gasteiger partial charge in [-0.2, -0.15) is 0 Å². The first kappa shape index (κ1) is 28.2. The van der Waals surface area contributed by atoms with Gasteiger partial charge in [0.2, 0.25) is 11.8 Å². The Morgan fingerprint density at radius 2 is 1.62 bits per heavy atom. The number of ether oxygens (including phenoxy) is 1. The van der Waals surface area contributed by atoms with Crippen LogP contribution in [0, 0.1) is 24.7 Å². The molecule has 7 nitrogen and oxygen atoms in total. The molecule has 5 rings (SSSR count). The summed E-state index contributed by atoms with van der Waals surface area (Å²) in [4.78, 5) is 31.4. The molecule has 0 radical (unpaired) electrons. The Bertz CT molecular complexity index is 1230. The number of carbonyl (C=O) groups excluding carboxylic acids is 2. The van der Waals surface area contributed by atoms with Gasteiger partial charge in [-0.05, 0) is 75.3 Å². The highest BCUT2D eigenvalue weighted by Crippen LogP contribution is 2.36. The highest BCUT2D eigenvalue weighted by Gasteiger charge is 2.55. The lowest BCUT2D eigenvalue weighted by Gasteiger charge is -2.52. The van der Waals surface area contributed by atoms with Gasteiger partial charge in [-0.15, -0.1) is 5.92 Å². The molecule has 2 N–H and O–H groups in total. The SMILES string of the molecule is CC#CCN1C(=O)[C@@H]([C@H](O)C2CCCCC2)NC(=O)C12CCN(Cc1ccc(Oc3ccc(C)cc3)cc1)CC2. The first-order valence-corrected chi connectivity index (χ1v) is 14.7. The summed E-state index contributed by atoms with van der Waals surface area (Å²) in [6.45, 7) is 6.14. The quantitative estimate of drug-likeness (QED) is 0.506. The minimum atomic E-state index is -0.925. The van der Waals surface area contributed by atoms with E-state index in [9.17, 15) is 14.7 Å². The number of hydrogen-bond acceptors (Lipinski definition) is 5. The van der Waals surface area contributed by atoms with Crippen molar-refractivity contribution >= 4 is 11.8 Å².